The molecule has 0 bridgehead atoms. The van der Waals surface area contributed by atoms with Crippen LogP contribution in [0.4, 0.5) is 13.2 Å². The molecule has 1 amide bonds. The number of carboxylic acids is 1. The number of halogens is 3. The van der Waals surface area contributed by atoms with Gasteiger partial charge in [-0.1, -0.05) is 12.1 Å². The first-order chi connectivity index (χ1) is 17.0. The first kappa shape index (κ1) is 25.2. The molecular formula is C25H25F3N4O4. The van der Waals surface area contributed by atoms with E-state index in [1.807, 2.05) is 29.3 Å². The van der Waals surface area contributed by atoms with Crippen LogP contribution in [0.3, 0.4) is 0 Å². The SMILES string of the molecule is CC(C)n1ncc2c1-c1ccccc1OC21CCN(C(=O)c2ccncc2)CC1.O=C(O)C(F)(F)F. The Kier molecular flexibility index (Phi) is 6.75. The van der Waals surface area contributed by atoms with Crippen LogP contribution in [0.5, 0.6) is 5.75 Å². The normalized spacial score (nSPS) is 15.9. The Morgan fingerprint density at radius 2 is 1.69 bits per heavy atom. The Hall–Kier alpha value is -3.89. The molecule has 0 unspecified atom stereocenters. The molecule has 1 fully saturated rings. The summed E-state index contributed by atoms with van der Waals surface area (Å²) in [6.45, 7) is 5.59. The maximum absolute atomic E-state index is 12.8. The number of benzene rings is 1. The van der Waals surface area contributed by atoms with E-state index in [1.165, 1.54) is 0 Å². The minimum atomic E-state index is -5.08. The molecule has 8 nitrogen and oxygen atoms in total. The summed E-state index contributed by atoms with van der Waals surface area (Å²) in [5.41, 5.74) is 3.62. The molecule has 190 valence electrons. The van der Waals surface area contributed by atoms with Gasteiger partial charge >= 0.3 is 12.1 Å². The number of rotatable bonds is 2. The Bertz CT molecular complexity index is 1250. The number of carbonyl (C=O) groups excluding carboxylic acids is 1. The summed E-state index contributed by atoms with van der Waals surface area (Å²) in [7, 11) is 0. The molecular weight excluding hydrogens is 477 g/mol. The lowest BCUT2D eigenvalue weighted by Crippen LogP contribution is -2.49. The molecule has 0 radical (unpaired) electrons. The predicted octanol–water partition coefficient (Wildman–Crippen LogP) is 4.68. The van der Waals surface area contributed by atoms with Crippen molar-refractivity contribution in [2.75, 3.05) is 13.1 Å². The first-order valence-corrected chi connectivity index (χ1v) is 11.4. The van der Waals surface area contributed by atoms with Gasteiger partial charge in [-0.3, -0.25) is 14.5 Å². The molecule has 5 rings (SSSR count). The molecule has 3 aromatic rings. The molecule has 2 aliphatic rings. The standard InChI is InChI=1S/C23H24N4O2.C2HF3O2/c1-16(2)27-21-18-5-3-4-6-20(18)29-23(19(21)15-25-27)9-13-26(14-10-23)22(28)17-7-11-24-12-8-17;3-2(4,5)1(6)7/h3-8,11-12,15-16H,9-10,13-14H2,1-2H3;(H,6,7). The number of alkyl halides is 3. The second kappa shape index (κ2) is 9.63. The third-order valence-electron chi connectivity index (χ3n) is 6.25. The fourth-order valence-corrected chi connectivity index (χ4v) is 4.49. The number of amides is 1. The van der Waals surface area contributed by atoms with E-state index in [2.05, 4.69) is 29.6 Å². The zero-order valence-electron chi connectivity index (χ0n) is 19.7. The molecule has 1 aromatic carbocycles. The molecule has 0 saturated carbocycles. The van der Waals surface area contributed by atoms with Gasteiger partial charge in [0.05, 0.1) is 11.9 Å². The van der Waals surface area contributed by atoms with Gasteiger partial charge in [-0.2, -0.15) is 18.3 Å². The lowest BCUT2D eigenvalue weighted by molar-refractivity contribution is -0.192. The molecule has 36 heavy (non-hydrogen) atoms. The van der Waals surface area contributed by atoms with Gasteiger partial charge in [0.1, 0.15) is 11.4 Å². The predicted molar refractivity (Wildman–Crippen MR) is 123 cm³/mol. The fourth-order valence-electron chi connectivity index (χ4n) is 4.49. The van der Waals surface area contributed by atoms with Crippen molar-refractivity contribution in [2.24, 2.45) is 0 Å². The molecule has 0 atom stereocenters. The lowest BCUT2D eigenvalue weighted by Gasteiger charge is -2.44. The summed E-state index contributed by atoms with van der Waals surface area (Å²) in [5, 5.41) is 11.8. The lowest BCUT2D eigenvalue weighted by atomic mass is 9.81. The van der Waals surface area contributed by atoms with Crippen LogP contribution in [0.15, 0.2) is 55.0 Å². The second-order valence-corrected chi connectivity index (χ2v) is 8.87. The van der Waals surface area contributed by atoms with E-state index in [4.69, 9.17) is 19.7 Å². The number of hydrogen-bond acceptors (Lipinski definition) is 5. The Morgan fingerprint density at radius 1 is 1.08 bits per heavy atom. The Labute approximate surface area is 205 Å². The van der Waals surface area contributed by atoms with Crippen molar-refractivity contribution in [3.05, 3.63) is 66.1 Å². The van der Waals surface area contributed by atoms with Gasteiger partial charge < -0.3 is 14.7 Å². The molecule has 1 spiro atoms. The number of hydrogen-bond donors (Lipinski definition) is 1. The summed E-state index contributed by atoms with van der Waals surface area (Å²) in [4.78, 5) is 27.7. The van der Waals surface area contributed by atoms with Gasteiger partial charge in [0.15, 0.2) is 0 Å². The number of likely N-dealkylation sites (tertiary alicyclic amines) is 1. The number of piperidine rings is 1. The third kappa shape index (κ3) is 4.77. The van der Waals surface area contributed by atoms with Gasteiger partial charge in [0.2, 0.25) is 0 Å². The first-order valence-electron chi connectivity index (χ1n) is 11.4. The fraction of sp³-hybridized carbons (Fsp3) is 0.360. The number of ether oxygens (including phenoxy) is 1. The number of carbonyl (C=O) groups is 2. The zero-order valence-corrected chi connectivity index (χ0v) is 19.7. The highest BCUT2D eigenvalue weighted by Gasteiger charge is 2.46. The van der Waals surface area contributed by atoms with Crippen molar-refractivity contribution in [3.63, 3.8) is 0 Å². The van der Waals surface area contributed by atoms with E-state index in [1.54, 1.807) is 24.5 Å². The maximum Gasteiger partial charge on any atom is 0.490 e. The topological polar surface area (TPSA) is 97.5 Å². The number of carboxylic acid groups (broad SMARTS) is 1. The maximum atomic E-state index is 12.8. The van der Waals surface area contributed by atoms with Crippen LogP contribution in [-0.4, -0.2) is 55.9 Å². The van der Waals surface area contributed by atoms with Gasteiger partial charge in [0.25, 0.3) is 5.91 Å². The average Bonchev–Trinajstić information content (AvgIpc) is 3.32. The van der Waals surface area contributed by atoms with Gasteiger partial charge in [-0.15, -0.1) is 0 Å². The Morgan fingerprint density at radius 3 is 2.28 bits per heavy atom. The monoisotopic (exact) mass is 502 g/mol. The summed E-state index contributed by atoms with van der Waals surface area (Å²) in [6.07, 6.45) is 1.69. The highest BCUT2D eigenvalue weighted by molar-refractivity contribution is 5.94. The van der Waals surface area contributed by atoms with Crippen LogP contribution in [0.25, 0.3) is 11.3 Å². The molecule has 1 N–H and O–H groups in total. The van der Waals surface area contributed by atoms with Crippen molar-refractivity contribution >= 4 is 11.9 Å². The van der Waals surface area contributed by atoms with Crippen LogP contribution < -0.4 is 4.74 Å². The van der Waals surface area contributed by atoms with Crippen LogP contribution in [0.1, 0.15) is 48.7 Å². The van der Waals surface area contributed by atoms with E-state index in [0.29, 0.717) is 18.7 Å². The van der Waals surface area contributed by atoms with E-state index in [9.17, 15) is 18.0 Å². The summed E-state index contributed by atoms with van der Waals surface area (Å²) < 4.78 is 40.4. The smallest absolute Gasteiger partial charge is 0.482 e. The van der Waals surface area contributed by atoms with Gasteiger partial charge in [-0.05, 0) is 38.1 Å². The van der Waals surface area contributed by atoms with E-state index in [0.717, 1.165) is 35.4 Å². The largest absolute Gasteiger partial charge is 0.490 e. The van der Waals surface area contributed by atoms with Crippen molar-refractivity contribution < 1.29 is 32.6 Å². The average molecular weight is 502 g/mol. The van der Waals surface area contributed by atoms with Crippen LogP contribution >= 0.6 is 0 Å². The third-order valence-corrected chi connectivity index (χ3v) is 6.25. The molecule has 2 aliphatic heterocycles. The molecule has 4 heterocycles. The number of pyridine rings is 1. The molecule has 0 aliphatic carbocycles. The number of fused-ring (bicyclic) bond motifs is 4. The van der Waals surface area contributed by atoms with Crippen LogP contribution in [0, 0.1) is 0 Å². The second-order valence-electron chi connectivity index (χ2n) is 8.87. The van der Waals surface area contributed by atoms with E-state index < -0.39 is 17.7 Å². The number of nitrogens with zero attached hydrogens (tertiary/aromatic N) is 4. The van der Waals surface area contributed by atoms with Crippen LogP contribution in [-0.2, 0) is 10.4 Å². The molecule has 2 aromatic heterocycles. The minimum absolute atomic E-state index is 0.0524. The summed E-state index contributed by atoms with van der Waals surface area (Å²) >= 11 is 0. The summed E-state index contributed by atoms with van der Waals surface area (Å²) in [6, 6.07) is 12.0. The van der Waals surface area contributed by atoms with Gasteiger partial charge in [-0.25, -0.2) is 4.79 Å². The van der Waals surface area contributed by atoms with Crippen LogP contribution in [0.2, 0.25) is 0 Å². The van der Waals surface area contributed by atoms with Gasteiger partial charge in [0, 0.05) is 61.1 Å². The highest BCUT2D eigenvalue weighted by atomic mass is 19.4. The van der Waals surface area contributed by atoms with Crippen molar-refractivity contribution in [3.8, 4) is 17.0 Å². The Balaban J connectivity index is 0.000000384. The van der Waals surface area contributed by atoms with Crippen molar-refractivity contribution in [1.29, 1.82) is 0 Å². The zero-order chi connectivity index (χ0) is 26.1. The quantitative estimate of drug-likeness (QED) is 0.547. The number of aliphatic carboxylic acids is 1. The molecule has 1 saturated heterocycles. The van der Waals surface area contributed by atoms with Crippen molar-refractivity contribution in [1.82, 2.24) is 19.7 Å². The summed E-state index contributed by atoms with van der Waals surface area (Å²) in [5.74, 6) is -1.81. The van der Waals surface area contributed by atoms with Crippen molar-refractivity contribution in [2.45, 2.75) is 44.5 Å². The highest BCUT2D eigenvalue weighted by Crippen LogP contribution is 2.50. The minimum Gasteiger partial charge on any atom is -0.482 e. The van der Waals surface area contributed by atoms with E-state index in [-0.39, 0.29) is 11.9 Å². The van der Waals surface area contributed by atoms with E-state index >= 15 is 0 Å². The number of para-hydroxylation sites is 1. The number of aromatic nitrogens is 3. The molecule has 11 heteroatoms.